The Morgan fingerprint density at radius 2 is 1.38 bits per heavy atom. The normalized spacial score (nSPS) is 14.0. The molecule has 0 aliphatic carbocycles. The third-order valence-electron chi connectivity index (χ3n) is 2.36. The van der Waals surface area contributed by atoms with E-state index in [4.69, 9.17) is 11.5 Å². The first-order chi connectivity index (χ1) is 10.0. The monoisotopic (exact) mass is 286 g/mol. The van der Waals surface area contributed by atoms with E-state index < -0.39 is 11.8 Å². The van der Waals surface area contributed by atoms with Crippen molar-refractivity contribution in [3.05, 3.63) is 71.9 Å². The molecule has 0 saturated carbocycles. The highest BCUT2D eigenvalue weighted by atomic mass is 16.1. The summed E-state index contributed by atoms with van der Waals surface area (Å²) < 4.78 is 0. The lowest BCUT2D eigenvalue weighted by Crippen LogP contribution is -2.12. The van der Waals surface area contributed by atoms with E-state index in [0.29, 0.717) is 17.6 Å². The number of allylic oxidation sites excluding steroid dienone is 8. The van der Waals surface area contributed by atoms with Gasteiger partial charge in [0, 0.05) is 11.1 Å². The Morgan fingerprint density at radius 1 is 0.810 bits per heavy atom. The van der Waals surface area contributed by atoms with Gasteiger partial charge in [0.2, 0.25) is 11.8 Å². The molecule has 2 amide bonds. The van der Waals surface area contributed by atoms with Crippen molar-refractivity contribution in [2.24, 2.45) is 11.5 Å². The molecule has 0 spiro atoms. The molecule has 4 heteroatoms. The standard InChI is InChI=1S/C17H22N2O2/c1-3-5-11-15(17(19)21)13-9-7-6-8-12-14(10-4-2)16(18)20/h3-6,8-13H,7H2,1-2H3,(H2,18,20)(H2,19,21). The van der Waals surface area contributed by atoms with E-state index in [1.165, 1.54) is 0 Å². The summed E-state index contributed by atoms with van der Waals surface area (Å²) in [6, 6.07) is 0. The molecular formula is C17H22N2O2. The van der Waals surface area contributed by atoms with Gasteiger partial charge < -0.3 is 11.5 Å². The maximum Gasteiger partial charge on any atom is 0.248 e. The summed E-state index contributed by atoms with van der Waals surface area (Å²) in [6.07, 6.45) is 17.9. The Kier molecular flexibility index (Phi) is 9.83. The van der Waals surface area contributed by atoms with E-state index in [1.54, 1.807) is 42.5 Å². The van der Waals surface area contributed by atoms with Crippen molar-refractivity contribution in [2.75, 3.05) is 0 Å². The molecule has 0 aromatic heterocycles. The summed E-state index contributed by atoms with van der Waals surface area (Å²) in [6.45, 7) is 3.67. The number of hydrogen-bond donors (Lipinski definition) is 2. The molecule has 4 N–H and O–H groups in total. The summed E-state index contributed by atoms with van der Waals surface area (Å²) in [5, 5.41) is 0. The zero-order chi connectivity index (χ0) is 16.1. The summed E-state index contributed by atoms with van der Waals surface area (Å²) in [5.41, 5.74) is 11.3. The van der Waals surface area contributed by atoms with Crippen molar-refractivity contribution in [2.45, 2.75) is 20.3 Å². The number of rotatable bonds is 8. The number of amides is 2. The number of carbonyl (C=O) groups excluding carboxylic acids is 2. The predicted octanol–water partition coefficient (Wildman–Crippen LogP) is 2.46. The van der Waals surface area contributed by atoms with Gasteiger partial charge in [-0.15, -0.1) is 0 Å². The fourth-order valence-corrected chi connectivity index (χ4v) is 1.34. The second kappa shape index (κ2) is 11.2. The lowest BCUT2D eigenvalue weighted by Gasteiger charge is -1.93. The maximum atomic E-state index is 11.1. The van der Waals surface area contributed by atoms with Crippen molar-refractivity contribution >= 4 is 11.8 Å². The average Bonchev–Trinajstić information content (AvgIpc) is 2.43. The van der Waals surface area contributed by atoms with Crippen LogP contribution in [0.25, 0.3) is 0 Å². The molecule has 0 aliphatic rings. The van der Waals surface area contributed by atoms with Crippen LogP contribution in [0.3, 0.4) is 0 Å². The van der Waals surface area contributed by atoms with Crippen molar-refractivity contribution in [3.8, 4) is 0 Å². The van der Waals surface area contributed by atoms with Gasteiger partial charge in [0.15, 0.2) is 0 Å². The zero-order valence-electron chi connectivity index (χ0n) is 12.5. The quantitative estimate of drug-likeness (QED) is 0.530. The minimum absolute atomic E-state index is 0.434. The van der Waals surface area contributed by atoms with Crippen LogP contribution in [0.5, 0.6) is 0 Å². The van der Waals surface area contributed by atoms with Crippen LogP contribution in [0.15, 0.2) is 71.9 Å². The molecule has 0 saturated heterocycles. The summed E-state index contributed by atoms with van der Waals surface area (Å²) in [7, 11) is 0. The molecule has 0 atom stereocenters. The Balaban J connectivity index is 4.63. The fourth-order valence-electron chi connectivity index (χ4n) is 1.34. The van der Waals surface area contributed by atoms with Gasteiger partial charge in [-0.25, -0.2) is 0 Å². The number of primary amides is 2. The van der Waals surface area contributed by atoms with Crippen molar-refractivity contribution in [1.29, 1.82) is 0 Å². The van der Waals surface area contributed by atoms with Crippen LogP contribution in [-0.2, 0) is 9.59 Å². The minimum atomic E-state index is -0.475. The number of nitrogens with two attached hydrogens (primary N) is 2. The van der Waals surface area contributed by atoms with Gasteiger partial charge in [-0.1, -0.05) is 48.6 Å². The lowest BCUT2D eigenvalue weighted by molar-refractivity contribution is -0.115. The van der Waals surface area contributed by atoms with Crippen LogP contribution in [0, 0.1) is 0 Å². The summed E-state index contributed by atoms with van der Waals surface area (Å²) in [4.78, 5) is 22.2. The fraction of sp³-hybridized carbons (Fsp3) is 0.176. The molecule has 21 heavy (non-hydrogen) atoms. The second-order valence-corrected chi connectivity index (χ2v) is 4.06. The first-order valence-electron chi connectivity index (χ1n) is 6.61. The smallest absolute Gasteiger partial charge is 0.248 e. The van der Waals surface area contributed by atoms with Crippen LogP contribution in [0.1, 0.15) is 20.3 Å². The molecule has 0 fully saturated rings. The van der Waals surface area contributed by atoms with Gasteiger partial charge >= 0.3 is 0 Å². The first kappa shape index (κ1) is 18.4. The van der Waals surface area contributed by atoms with Gasteiger partial charge in [-0.3, -0.25) is 9.59 Å². The molecule has 0 heterocycles. The first-order valence-corrected chi connectivity index (χ1v) is 6.61. The number of carbonyl (C=O) groups is 2. The molecular weight excluding hydrogens is 264 g/mol. The topological polar surface area (TPSA) is 86.2 Å². The molecule has 0 aromatic rings. The van der Waals surface area contributed by atoms with Crippen LogP contribution in [0.2, 0.25) is 0 Å². The largest absolute Gasteiger partial charge is 0.366 e. The van der Waals surface area contributed by atoms with Crippen molar-refractivity contribution in [1.82, 2.24) is 0 Å². The van der Waals surface area contributed by atoms with Crippen LogP contribution < -0.4 is 11.5 Å². The highest BCUT2D eigenvalue weighted by molar-refractivity contribution is 5.95. The summed E-state index contributed by atoms with van der Waals surface area (Å²) >= 11 is 0. The van der Waals surface area contributed by atoms with Gasteiger partial charge in [0.1, 0.15) is 0 Å². The Morgan fingerprint density at radius 3 is 1.90 bits per heavy atom. The zero-order valence-corrected chi connectivity index (χ0v) is 12.5. The summed E-state index contributed by atoms with van der Waals surface area (Å²) in [5.74, 6) is -0.948. The van der Waals surface area contributed by atoms with Gasteiger partial charge in [0.25, 0.3) is 0 Å². The molecule has 4 nitrogen and oxygen atoms in total. The average molecular weight is 286 g/mol. The Bertz CT molecular complexity index is 533. The van der Waals surface area contributed by atoms with E-state index in [2.05, 4.69) is 0 Å². The van der Waals surface area contributed by atoms with Gasteiger partial charge in [-0.05, 0) is 32.4 Å². The Hall–Kier alpha value is -2.62. The SMILES string of the molecule is CC=CC=C(C=CCC=CC=C(C=CC)C(N)=O)C(N)=O. The highest BCUT2D eigenvalue weighted by Crippen LogP contribution is 2.00. The van der Waals surface area contributed by atoms with E-state index in [-0.39, 0.29) is 0 Å². The van der Waals surface area contributed by atoms with Crippen LogP contribution >= 0.6 is 0 Å². The second-order valence-electron chi connectivity index (χ2n) is 4.06. The third kappa shape index (κ3) is 8.99. The van der Waals surface area contributed by atoms with Gasteiger partial charge in [-0.2, -0.15) is 0 Å². The highest BCUT2D eigenvalue weighted by Gasteiger charge is 1.97. The third-order valence-corrected chi connectivity index (χ3v) is 2.36. The Labute approximate surface area is 125 Å². The van der Waals surface area contributed by atoms with Crippen molar-refractivity contribution in [3.63, 3.8) is 0 Å². The maximum absolute atomic E-state index is 11.1. The molecule has 0 bridgehead atoms. The molecule has 0 aliphatic heterocycles. The lowest BCUT2D eigenvalue weighted by atomic mass is 10.2. The van der Waals surface area contributed by atoms with Crippen molar-refractivity contribution < 1.29 is 9.59 Å². The van der Waals surface area contributed by atoms with E-state index in [1.807, 2.05) is 32.1 Å². The minimum Gasteiger partial charge on any atom is -0.366 e. The van der Waals surface area contributed by atoms with E-state index in [9.17, 15) is 9.59 Å². The molecule has 0 unspecified atom stereocenters. The van der Waals surface area contributed by atoms with Gasteiger partial charge in [0.05, 0.1) is 0 Å². The molecule has 0 radical (unpaired) electrons. The molecule has 0 aromatic carbocycles. The predicted molar refractivity (Wildman–Crippen MR) is 87.1 cm³/mol. The van der Waals surface area contributed by atoms with Crippen LogP contribution in [0.4, 0.5) is 0 Å². The number of hydrogen-bond acceptors (Lipinski definition) is 2. The molecule has 112 valence electrons. The van der Waals surface area contributed by atoms with Crippen LogP contribution in [-0.4, -0.2) is 11.8 Å². The van der Waals surface area contributed by atoms with E-state index >= 15 is 0 Å². The van der Waals surface area contributed by atoms with E-state index in [0.717, 1.165) is 0 Å². The molecule has 0 rings (SSSR count).